The quantitative estimate of drug-likeness (QED) is 0.758. The Bertz CT molecular complexity index is 344. The molecule has 80 valence electrons. The standard InChI is InChI=1S/C11H14AsNO2/c1-3-13(4-2)11(14)9-5-7-10(12-15)8-6-9/h5-8H,3-4H2,1-2H3. The zero-order valence-corrected chi connectivity index (χ0v) is 10.8. The monoisotopic (exact) mass is 267 g/mol. The van der Waals surface area contributed by atoms with Gasteiger partial charge >= 0.3 is 96.1 Å². The van der Waals surface area contributed by atoms with E-state index in [-0.39, 0.29) is 5.91 Å². The van der Waals surface area contributed by atoms with Crippen LogP contribution in [-0.2, 0) is 3.74 Å². The van der Waals surface area contributed by atoms with Gasteiger partial charge in [-0.2, -0.15) is 0 Å². The summed E-state index contributed by atoms with van der Waals surface area (Å²) < 4.78 is 11.5. The molecule has 0 aliphatic heterocycles. The minimum absolute atomic E-state index is 0.0358. The fourth-order valence-electron chi connectivity index (χ4n) is 1.36. The van der Waals surface area contributed by atoms with Crippen molar-refractivity contribution in [1.29, 1.82) is 0 Å². The molecule has 1 aromatic rings. The van der Waals surface area contributed by atoms with E-state index < -0.39 is 15.7 Å². The first-order chi connectivity index (χ1) is 7.22. The second kappa shape index (κ2) is 5.81. The van der Waals surface area contributed by atoms with Crippen molar-refractivity contribution in [1.82, 2.24) is 4.90 Å². The minimum atomic E-state index is -0.991. The molecule has 0 saturated heterocycles. The van der Waals surface area contributed by atoms with Gasteiger partial charge in [-0.25, -0.2) is 0 Å². The molecule has 0 N–H and O–H groups in total. The third kappa shape index (κ3) is 3.00. The summed E-state index contributed by atoms with van der Waals surface area (Å²) in [6, 6.07) is 6.99. The van der Waals surface area contributed by atoms with E-state index >= 15 is 0 Å². The Labute approximate surface area is 96.4 Å². The first-order valence-corrected chi connectivity index (χ1v) is 6.66. The third-order valence-corrected chi connectivity index (χ3v) is 3.34. The van der Waals surface area contributed by atoms with Crippen molar-refractivity contribution in [2.75, 3.05) is 13.1 Å². The van der Waals surface area contributed by atoms with Crippen molar-refractivity contribution in [2.45, 2.75) is 13.8 Å². The van der Waals surface area contributed by atoms with E-state index in [1.165, 1.54) is 0 Å². The average molecular weight is 267 g/mol. The Morgan fingerprint density at radius 3 is 2.13 bits per heavy atom. The molecule has 0 heterocycles. The van der Waals surface area contributed by atoms with Crippen LogP contribution in [-0.4, -0.2) is 39.6 Å². The number of nitrogens with zero attached hydrogens (tertiary/aromatic N) is 1. The van der Waals surface area contributed by atoms with Crippen molar-refractivity contribution in [3.63, 3.8) is 0 Å². The molecule has 4 heteroatoms. The Morgan fingerprint density at radius 2 is 1.73 bits per heavy atom. The molecule has 0 fully saturated rings. The zero-order chi connectivity index (χ0) is 11.3. The molecule has 15 heavy (non-hydrogen) atoms. The molecule has 0 saturated carbocycles. The van der Waals surface area contributed by atoms with Gasteiger partial charge in [0.2, 0.25) is 0 Å². The van der Waals surface area contributed by atoms with Gasteiger partial charge in [-0.1, -0.05) is 0 Å². The van der Waals surface area contributed by atoms with Gasteiger partial charge in [0, 0.05) is 0 Å². The Hall–Kier alpha value is -0.952. The van der Waals surface area contributed by atoms with Crippen LogP contribution >= 0.6 is 0 Å². The number of benzene rings is 1. The second-order valence-corrected chi connectivity index (χ2v) is 4.58. The van der Waals surface area contributed by atoms with Crippen molar-refractivity contribution in [2.24, 2.45) is 0 Å². The van der Waals surface area contributed by atoms with Crippen LogP contribution in [0.1, 0.15) is 24.2 Å². The maximum atomic E-state index is 11.9. The van der Waals surface area contributed by atoms with Crippen LogP contribution in [0.5, 0.6) is 0 Å². The van der Waals surface area contributed by atoms with Gasteiger partial charge in [-0.3, -0.25) is 0 Å². The fourth-order valence-corrected chi connectivity index (χ4v) is 1.93. The Balaban J connectivity index is 2.86. The van der Waals surface area contributed by atoms with E-state index in [4.69, 9.17) is 0 Å². The normalized spacial score (nSPS) is 10.3. The summed E-state index contributed by atoms with van der Waals surface area (Å²) >= 11 is -0.991. The predicted octanol–water partition coefficient (Wildman–Crippen LogP) is 0.844. The average Bonchev–Trinajstić information content (AvgIpc) is 2.30. The van der Waals surface area contributed by atoms with Gasteiger partial charge in [0.15, 0.2) is 0 Å². The van der Waals surface area contributed by atoms with E-state index in [2.05, 4.69) is 0 Å². The van der Waals surface area contributed by atoms with Gasteiger partial charge in [-0.15, -0.1) is 0 Å². The van der Waals surface area contributed by atoms with E-state index in [1.807, 2.05) is 13.8 Å². The Kier molecular flexibility index (Phi) is 4.70. The molecule has 0 aromatic heterocycles. The molecule has 0 bridgehead atoms. The summed E-state index contributed by atoms with van der Waals surface area (Å²) in [5.41, 5.74) is 0.664. The van der Waals surface area contributed by atoms with E-state index in [0.29, 0.717) is 18.7 Å². The van der Waals surface area contributed by atoms with Gasteiger partial charge in [-0.05, 0) is 0 Å². The number of hydrogen-bond donors (Lipinski definition) is 0. The SMILES string of the molecule is CCN(CC)C(=O)c1ccc([As]=O)cc1. The summed E-state index contributed by atoms with van der Waals surface area (Å²) in [4.78, 5) is 13.6. The van der Waals surface area contributed by atoms with Crippen LogP contribution in [0.4, 0.5) is 0 Å². The number of rotatable bonds is 4. The Morgan fingerprint density at radius 1 is 1.20 bits per heavy atom. The number of carbonyl (C=O) groups is 1. The molecule has 3 nitrogen and oxygen atoms in total. The summed E-state index contributed by atoms with van der Waals surface area (Å²) in [5.74, 6) is 0.0358. The molecular weight excluding hydrogens is 253 g/mol. The summed E-state index contributed by atoms with van der Waals surface area (Å²) in [7, 11) is 0. The van der Waals surface area contributed by atoms with Crippen LogP contribution in [0.2, 0.25) is 0 Å². The summed E-state index contributed by atoms with van der Waals surface area (Å²) in [6.45, 7) is 5.34. The van der Waals surface area contributed by atoms with Crippen LogP contribution in [0.3, 0.4) is 0 Å². The molecule has 1 rings (SSSR count). The summed E-state index contributed by atoms with van der Waals surface area (Å²) in [5, 5.41) is 0. The van der Waals surface area contributed by atoms with Gasteiger partial charge < -0.3 is 0 Å². The van der Waals surface area contributed by atoms with E-state index in [0.717, 1.165) is 4.35 Å². The van der Waals surface area contributed by atoms with Gasteiger partial charge in [0.1, 0.15) is 0 Å². The van der Waals surface area contributed by atoms with Crippen LogP contribution < -0.4 is 4.35 Å². The molecule has 0 unspecified atom stereocenters. The first-order valence-electron chi connectivity index (χ1n) is 4.95. The molecule has 0 aliphatic carbocycles. The maximum absolute atomic E-state index is 11.9. The fraction of sp³-hybridized carbons (Fsp3) is 0.364. The predicted molar refractivity (Wildman–Crippen MR) is 59.8 cm³/mol. The topological polar surface area (TPSA) is 37.4 Å². The molecule has 0 atom stereocenters. The zero-order valence-electron chi connectivity index (χ0n) is 8.93. The van der Waals surface area contributed by atoms with Crippen molar-refractivity contribution in [3.05, 3.63) is 29.8 Å². The molecule has 1 amide bonds. The van der Waals surface area contributed by atoms with Crippen LogP contribution in [0.15, 0.2) is 24.3 Å². The van der Waals surface area contributed by atoms with Gasteiger partial charge in [0.25, 0.3) is 0 Å². The van der Waals surface area contributed by atoms with Crippen LogP contribution in [0, 0.1) is 0 Å². The first kappa shape index (κ1) is 12.1. The number of hydrogen-bond acceptors (Lipinski definition) is 2. The van der Waals surface area contributed by atoms with Crippen molar-refractivity contribution >= 4 is 25.9 Å². The van der Waals surface area contributed by atoms with E-state index in [9.17, 15) is 8.53 Å². The number of carbonyl (C=O) groups excluding carboxylic acids is 1. The molecule has 0 radical (unpaired) electrons. The molecule has 0 spiro atoms. The number of amides is 1. The van der Waals surface area contributed by atoms with Gasteiger partial charge in [0.05, 0.1) is 0 Å². The third-order valence-electron chi connectivity index (χ3n) is 2.27. The molecular formula is C11H14AsNO2. The second-order valence-electron chi connectivity index (χ2n) is 3.12. The summed E-state index contributed by atoms with van der Waals surface area (Å²) in [6.07, 6.45) is 0. The molecule has 0 aliphatic rings. The van der Waals surface area contributed by atoms with Crippen molar-refractivity contribution in [3.8, 4) is 0 Å². The van der Waals surface area contributed by atoms with Crippen LogP contribution in [0.25, 0.3) is 0 Å². The van der Waals surface area contributed by atoms with Crippen molar-refractivity contribution < 1.29 is 8.53 Å². The molecule has 1 aromatic carbocycles. The van der Waals surface area contributed by atoms with E-state index in [1.54, 1.807) is 29.2 Å².